The Bertz CT molecular complexity index is 504. The molecule has 1 aromatic rings. The van der Waals surface area contributed by atoms with E-state index in [0.717, 1.165) is 19.4 Å². The van der Waals surface area contributed by atoms with Crippen LogP contribution in [0.1, 0.15) is 24.5 Å². The van der Waals surface area contributed by atoms with Gasteiger partial charge in [-0.2, -0.15) is 0 Å². The third-order valence-electron chi connectivity index (χ3n) is 3.62. The van der Waals surface area contributed by atoms with Crippen molar-refractivity contribution in [2.45, 2.75) is 38.4 Å². The molecule has 1 aromatic carbocycles. The highest BCUT2D eigenvalue weighted by Crippen LogP contribution is 2.16. The summed E-state index contributed by atoms with van der Waals surface area (Å²) in [5, 5.41) is 6.27. The molecule has 1 heterocycles. The van der Waals surface area contributed by atoms with Gasteiger partial charge >= 0.3 is 0 Å². The van der Waals surface area contributed by atoms with Crippen molar-refractivity contribution >= 4 is 16.7 Å². The van der Waals surface area contributed by atoms with Gasteiger partial charge in [-0.15, -0.1) is 0 Å². The van der Waals surface area contributed by atoms with Gasteiger partial charge in [0.15, 0.2) is 0 Å². The Labute approximate surface area is 122 Å². The highest BCUT2D eigenvalue weighted by atomic mass is 32.2. The zero-order valence-electron chi connectivity index (χ0n) is 12.0. The van der Waals surface area contributed by atoms with Gasteiger partial charge in [0.1, 0.15) is 0 Å². The van der Waals surface area contributed by atoms with Crippen molar-refractivity contribution in [1.82, 2.24) is 10.6 Å². The van der Waals surface area contributed by atoms with Gasteiger partial charge < -0.3 is 10.6 Å². The largest absolute Gasteiger partial charge is 0.352 e. The molecule has 3 atom stereocenters. The molecule has 0 aromatic heterocycles. The third-order valence-corrected chi connectivity index (χ3v) is 4.44. The SMILES string of the molecule is CC(CCS(C)=O)NC(=O)[C@@H]1Cc2ccccc2CN1. The molecule has 2 unspecified atom stereocenters. The lowest BCUT2D eigenvalue weighted by molar-refractivity contribution is -0.123. The van der Waals surface area contributed by atoms with E-state index in [-0.39, 0.29) is 18.0 Å². The van der Waals surface area contributed by atoms with Crippen LogP contribution in [0, 0.1) is 0 Å². The number of benzene rings is 1. The Hall–Kier alpha value is -1.20. The first-order valence-electron chi connectivity index (χ1n) is 6.97. The predicted octanol–water partition coefficient (Wildman–Crippen LogP) is 0.974. The molecular formula is C15H22N2O2S. The monoisotopic (exact) mass is 294 g/mol. The van der Waals surface area contributed by atoms with Crippen LogP contribution in [0.4, 0.5) is 0 Å². The fourth-order valence-corrected chi connectivity index (χ4v) is 3.08. The molecule has 4 nitrogen and oxygen atoms in total. The topological polar surface area (TPSA) is 58.2 Å². The fourth-order valence-electron chi connectivity index (χ4n) is 2.40. The first-order valence-corrected chi connectivity index (χ1v) is 8.69. The van der Waals surface area contributed by atoms with E-state index in [1.54, 1.807) is 6.26 Å². The van der Waals surface area contributed by atoms with E-state index < -0.39 is 10.8 Å². The van der Waals surface area contributed by atoms with E-state index in [0.29, 0.717) is 5.75 Å². The maximum atomic E-state index is 12.2. The van der Waals surface area contributed by atoms with Gasteiger partial charge in [-0.3, -0.25) is 9.00 Å². The molecule has 0 radical (unpaired) electrons. The summed E-state index contributed by atoms with van der Waals surface area (Å²) in [4.78, 5) is 12.2. The fraction of sp³-hybridized carbons (Fsp3) is 0.533. The van der Waals surface area contributed by atoms with Crippen molar-refractivity contribution in [1.29, 1.82) is 0 Å². The molecule has 0 saturated carbocycles. The van der Waals surface area contributed by atoms with E-state index in [9.17, 15) is 9.00 Å². The highest BCUT2D eigenvalue weighted by Gasteiger charge is 2.24. The van der Waals surface area contributed by atoms with Crippen LogP contribution in [-0.4, -0.2) is 34.2 Å². The van der Waals surface area contributed by atoms with Gasteiger partial charge in [0.2, 0.25) is 5.91 Å². The van der Waals surface area contributed by atoms with E-state index in [2.05, 4.69) is 22.8 Å². The van der Waals surface area contributed by atoms with Crippen LogP contribution in [-0.2, 0) is 28.6 Å². The second-order valence-electron chi connectivity index (χ2n) is 5.38. The molecule has 0 saturated heterocycles. The van der Waals surface area contributed by atoms with Crippen LogP contribution >= 0.6 is 0 Å². The van der Waals surface area contributed by atoms with Gasteiger partial charge in [-0.05, 0) is 30.9 Å². The molecule has 1 aliphatic heterocycles. The van der Waals surface area contributed by atoms with Crippen LogP contribution in [0.25, 0.3) is 0 Å². The van der Waals surface area contributed by atoms with Gasteiger partial charge in [-0.25, -0.2) is 0 Å². The number of fused-ring (bicyclic) bond motifs is 1. The molecule has 20 heavy (non-hydrogen) atoms. The predicted molar refractivity (Wildman–Crippen MR) is 81.9 cm³/mol. The van der Waals surface area contributed by atoms with Crippen molar-refractivity contribution in [2.75, 3.05) is 12.0 Å². The van der Waals surface area contributed by atoms with Crippen LogP contribution in [0.15, 0.2) is 24.3 Å². The van der Waals surface area contributed by atoms with Gasteiger partial charge in [0, 0.05) is 35.4 Å². The lowest BCUT2D eigenvalue weighted by Crippen LogP contribution is -2.50. The quantitative estimate of drug-likeness (QED) is 0.851. The lowest BCUT2D eigenvalue weighted by Gasteiger charge is -2.26. The Morgan fingerprint density at radius 1 is 1.45 bits per heavy atom. The van der Waals surface area contributed by atoms with Gasteiger partial charge in [0.25, 0.3) is 0 Å². The highest BCUT2D eigenvalue weighted by molar-refractivity contribution is 7.84. The molecule has 0 aliphatic carbocycles. The lowest BCUT2D eigenvalue weighted by atomic mass is 9.95. The van der Waals surface area contributed by atoms with Crippen LogP contribution in [0.3, 0.4) is 0 Å². The summed E-state index contributed by atoms with van der Waals surface area (Å²) in [5.74, 6) is 0.663. The van der Waals surface area contributed by atoms with Crippen molar-refractivity contribution in [2.24, 2.45) is 0 Å². The number of hydrogen-bond donors (Lipinski definition) is 2. The number of rotatable bonds is 5. The Morgan fingerprint density at radius 2 is 2.15 bits per heavy atom. The number of carbonyl (C=O) groups is 1. The first-order chi connectivity index (χ1) is 9.56. The molecule has 0 spiro atoms. The molecule has 0 fully saturated rings. The number of nitrogens with one attached hydrogen (secondary N) is 2. The smallest absolute Gasteiger partial charge is 0.237 e. The molecule has 0 bridgehead atoms. The second-order valence-corrected chi connectivity index (χ2v) is 6.94. The maximum Gasteiger partial charge on any atom is 0.237 e. The molecule has 110 valence electrons. The van der Waals surface area contributed by atoms with Crippen molar-refractivity contribution in [3.8, 4) is 0 Å². The van der Waals surface area contributed by atoms with Crippen molar-refractivity contribution in [3.63, 3.8) is 0 Å². The van der Waals surface area contributed by atoms with E-state index in [1.807, 2.05) is 19.1 Å². The first kappa shape index (κ1) is 15.2. The Balaban J connectivity index is 1.87. The molecule has 1 amide bonds. The average molecular weight is 294 g/mol. The summed E-state index contributed by atoms with van der Waals surface area (Å²) >= 11 is 0. The summed E-state index contributed by atoms with van der Waals surface area (Å²) in [6, 6.07) is 8.10. The van der Waals surface area contributed by atoms with Crippen LogP contribution in [0.5, 0.6) is 0 Å². The van der Waals surface area contributed by atoms with Crippen LogP contribution < -0.4 is 10.6 Å². The van der Waals surface area contributed by atoms with Crippen molar-refractivity contribution < 1.29 is 9.00 Å². The molecule has 2 rings (SSSR count). The molecular weight excluding hydrogens is 272 g/mol. The zero-order chi connectivity index (χ0) is 14.5. The summed E-state index contributed by atoms with van der Waals surface area (Å²) in [6.07, 6.45) is 3.17. The molecule has 5 heteroatoms. The molecule has 2 N–H and O–H groups in total. The third kappa shape index (κ3) is 4.15. The summed E-state index contributed by atoms with van der Waals surface area (Å²) in [6.45, 7) is 2.70. The minimum atomic E-state index is -0.802. The number of carbonyl (C=O) groups excluding carboxylic acids is 1. The number of hydrogen-bond acceptors (Lipinski definition) is 3. The minimum Gasteiger partial charge on any atom is -0.352 e. The average Bonchev–Trinajstić information content (AvgIpc) is 2.44. The maximum absolute atomic E-state index is 12.2. The van der Waals surface area contributed by atoms with Gasteiger partial charge in [-0.1, -0.05) is 24.3 Å². The standard InChI is InChI=1S/C15H22N2O2S/c1-11(7-8-20(2)19)17-15(18)14-9-12-5-3-4-6-13(12)10-16-14/h3-6,11,14,16H,7-10H2,1-2H3,(H,17,18)/t11?,14-,20?/m0/s1. The second kappa shape index (κ2) is 6.99. The minimum absolute atomic E-state index is 0.0360. The van der Waals surface area contributed by atoms with Gasteiger partial charge in [0.05, 0.1) is 6.04 Å². The van der Waals surface area contributed by atoms with E-state index >= 15 is 0 Å². The zero-order valence-corrected chi connectivity index (χ0v) is 12.8. The van der Waals surface area contributed by atoms with E-state index in [4.69, 9.17) is 0 Å². The summed E-state index contributed by atoms with van der Waals surface area (Å²) < 4.78 is 11.1. The molecule has 1 aliphatic rings. The Morgan fingerprint density at radius 3 is 2.85 bits per heavy atom. The summed E-state index contributed by atoms with van der Waals surface area (Å²) in [7, 11) is -0.802. The van der Waals surface area contributed by atoms with Crippen LogP contribution in [0.2, 0.25) is 0 Å². The Kier molecular flexibility index (Phi) is 5.31. The van der Waals surface area contributed by atoms with Crippen molar-refractivity contribution in [3.05, 3.63) is 35.4 Å². The normalized spacial score (nSPS) is 20.8. The summed E-state index contributed by atoms with van der Waals surface area (Å²) in [5.41, 5.74) is 2.51. The van der Waals surface area contributed by atoms with E-state index in [1.165, 1.54) is 11.1 Å². The number of amides is 1.